The zero-order valence-corrected chi connectivity index (χ0v) is 12.0. The Kier molecular flexibility index (Phi) is 7.33. The Morgan fingerprint density at radius 3 is 2.95 bits per heavy atom. The van der Waals surface area contributed by atoms with Gasteiger partial charge >= 0.3 is 0 Å². The number of nitrogens with zero attached hydrogens (tertiary/aromatic N) is 1. The van der Waals surface area contributed by atoms with Crippen LogP contribution in [0.1, 0.15) is 30.5 Å². The maximum Gasteiger partial charge on any atom is 0.221 e. The van der Waals surface area contributed by atoms with Crippen molar-refractivity contribution in [1.82, 2.24) is 10.6 Å². The Morgan fingerprint density at radius 2 is 2.25 bits per heavy atom. The summed E-state index contributed by atoms with van der Waals surface area (Å²) in [6.07, 6.45) is 0.423. The Morgan fingerprint density at radius 1 is 1.45 bits per heavy atom. The highest BCUT2D eigenvalue weighted by atomic mass is 16.5. The van der Waals surface area contributed by atoms with Gasteiger partial charge in [-0.15, -0.1) is 0 Å². The van der Waals surface area contributed by atoms with Crippen LogP contribution in [0.3, 0.4) is 0 Å². The van der Waals surface area contributed by atoms with E-state index in [1.54, 1.807) is 13.2 Å². The predicted octanol–water partition coefficient (Wildman–Crippen LogP) is 1.36. The molecule has 1 rings (SSSR count). The van der Waals surface area contributed by atoms with E-state index in [2.05, 4.69) is 16.7 Å². The van der Waals surface area contributed by atoms with E-state index in [0.717, 1.165) is 5.56 Å². The van der Waals surface area contributed by atoms with Gasteiger partial charge in [-0.3, -0.25) is 4.79 Å². The summed E-state index contributed by atoms with van der Waals surface area (Å²) in [5.41, 5.74) is 1.69. The van der Waals surface area contributed by atoms with E-state index in [-0.39, 0.29) is 11.9 Å². The maximum absolute atomic E-state index is 11.5. The summed E-state index contributed by atoms with van der Waals surface area (Å²) in [5, 5.41) is 14.9. The summed E-state index contributed by atoms with van der Waals surface area (Å²) < 4.78 is 4.86. The zero-order chi connectivity index (χ0) is 14.8. The molecule has 0 heterocycles. The molecule has 20 heavy (non-hydrogen) atoms. The van der Waals surface area contributed by atoms with Crippen LogP contribution in [0.15, 0.2) is 24.3 Å². The molecule has 1 aromatic carbocycles. The molecular formula is C15H21N3O2. The third-order valence-corrected chi connectivity index (χ3v) is 2.95. The maximum atomic E-state index is 11.5. The van der Waals surface area contributed by atoms with Crippen molar-refractivity contribution in [1.29, 1.82) is 5.26 Å². The van der Waals surface area contributed by atoms with Crippen molar-refractivity contribution in [3.63, 3.8) is 0 Å². The smallest absolute Gasteiger partial charge is 0.221 e. The van der Waals surface area contributed by atoms with E-state index in [0.29, 0.717) is 31.7 Å². The topological polar surface area (TPSA) is 74.2 Å². The number of nitrogens with one attached hydrogen (secondary N) is 2. The summed E-state index contributed by atoms with van der Waals surface area (Å²) in [7, 11) is 1.60. The molecule has 0 aliphatic carbocycles. The highest BCUT2D eigenvalue weighted by molar-refractivity contribution is 5.76. The van der Waals surface area contributed by atoms with Crippen LogP contribution in [0.4, 0.5) is 0 Å². The number of methoxy groups -OCH3 is 1. The summed E-state index contributed by atoms with van der Waals surface area (Å²) in [6.45, 7) is 3.67. The third kappa shape index (κ3) is 5.83. The molecule has 0 aliphatic heterocycles. The molecule has 2 N–H and O–H groups in total. The van der Waals surface area contributed by atoms with Crippen LogP contribution < -0.4 is 10.6 Å². The van der Waals surface area contributed by atoms with Crippen LogP contribution >= 0.6 is 0 Å². The first-order chi connectivity index (χ1) is 9.67. The molecule has 0 aromatic heterocycles. The second-order valence-electron chi connectivity index (χ2n) is 4.51. The molecule has 1 atom stereocenters. The van der Waals surface area contributed by atoms with Crippen LogP contribution in [0.5, 0.6) is 0 Å². The van der Waals surface area contributed by atoms with E-state index < -0.39 is 0 Å². The molecule has 108 valence electrons. The van der Waals surface area contributed by atoms with E-state index in [1.807, 2.05) is 25.1 Å². The van der Waals surface area contributed by atoms with Crippen molar-refractivity contribution in [2.75, 3.05) is 26.8 Å². The second kappa shape index (κ2) is 9.08. The van der Waals surface area contributed by atoms with Crippen molar-refractivity contribution in [3.05, 3.63) is 35.4 Å². The fraction of sp³-hybridized carbons (Fsp3) is 0.467. The van der Waals surface area contributed by atoms with Gasteiger partial charge in [0.15, 0.2) is 0 Å². The first-order valence-corrected chi connectivity index (χ1v) is 6.66. The summed E-state index contributed by atoms with van der Waals surface area (Å²) in [4.78, 5) is 11.5. The number of hydrogen-bond acceptors (Lipinski definition) is 4. The van der Waals surface area contributed by atoms with Crippen molar-refractivity contribution < 1.29 is 9.53 Å². The predicted molar refractivity (Wildman–Crippen MR) is 77.1 cm³/mol. The van der Waals surface area contributed by atoms with Gasteiger partial charge in [0.2, 0.25) is 5.91 Å². The lowest BCUT2D eigenvalue weighted by Crippen LogP contribution is -2.30. The van der Waals surface area contributed by atoms with Crippen molar-refractivity contribution in [3.8, 4) is 6.07 Å². The molecule has 0 saturated heterocycles. The number of nitriles is 1. The molecule has 0 bridgehead atoms. The first-order valence-electron chi connectivity index (χ1n) is 6.66. The number of carbonyl (C=O) groups excluding carboxylic acids is 1. The zero-order valence-electron chi connectivity index (χ0n) is 12.0. The molecular weight excluding hydrogens is 254 g/mol. The van der Waals surface area contributed by atoms with Gasteiger partial charge < -0.3 is 15.4 Å². The van der Waals surface area contributed by atoms with Gasteiger partial charge in [-0.05, 0) is 24.6 Å². The van der Waals surface area contributed by atoms with Crippen LogP contribution in [-0.4, -0.2) is 32.7 Å². The summed E-state index contributed by atoms with van der Waals surface area (Å²) in [6, 6.07) is 9.70. The fourth-order valence-corrected chi connectivity index (χ4v) is 1.78. The number of benzene rings is 1. The highest BCUT2D eigenvalue weighted by Crippen LogP contribution is 2.13. The van der Waals surface area contributed by atoms with Crippen molar-refractivity contribution >= 4 is 5.91 Å². The van der Waals surface area contributed by atoms with Gasteiger partial charge in [0.25, 0.3) is 0 Å². The Hall–Kier alpha value is -1.90. The number of rotatable bonds is 8. The molecule has 0 spiro atoms. The van der Waals surface area contributed by atoms with Gasteiger partial charge in [-0.1, -0.05) is 12.1 Å². The average molecular weight is 275 g/mol. The van der Waals surface area contributed by atoms with Crippen LogP contribution in [0.2, 0.25) is 0 Å². The molecule has 0 aliphatic rings. The standard InChI is InChI=1S/C15H21N3O2/c1-12(14-5-3-4-13(10-14)11-16)17-7-6-15(19)18-8-9-20-2/h3-5,10,12,17H,6-9H2,1-2H3,(H,18,19). The minimum atomic E-state index is 0.00697. The second-order valence-corrected chi connectivity index (χ2v) is 4.51. The van der Waals surface area contributed by atoms with Crippen molar-refractivity contribution in [2.45, 2.75) is 19.4 Å². The van der Waals surface area contributed by atoms with Crippen molar-refractivity contribution in [2.24, 2.45) is 0 Å². The van der Waals surface area contributed by atoms with E-state index in [1.165, 1.54) is 0 Å². The lowest BCUT2D eigenvalue weighted by Gasteiger charge is -2.14. The molecule has 1 aromatic rings. The van der Waals surface area contributed by atoms with E-state index in [9.17, 15) is 4.79 Å². The minimum Gasteiger partial charge on any atom is -0.383 e. The van der Waals surface area contributed by atoms with Gasteiger partial charge in [0, 0.05) is 32.7 Å². The SMILES string of the molecule is COCCNC(=O)CCNC(C)c1cccc(C#N)c1. The quantitative estimate of drug-likeness (QED) is 0.703. The van der Waals surface area contributed by atoms with Gasteiger partial charge in [0.1, 0.15) is 0 Å². The summed E-state index contributed by atoms with van der Waals surface area (Å²) in [5.74, 6) is 0.00697. The number of ether oxygens (including phenoxy) is 1. The third-order valence-electron chi connectivity index (χ3n) is 2.95. The molecule has 0 radical (unpaired) electrons. The largest absolute Gasteiger partial charge is 0.383 e. The van der Waals surface area contributed by atoms with Gasteiger partial charge in [0.05, 0.1) is 18.2 Å². The average Bonchev–Trinajstić information content (AvgIpc) is 2.47. The fourth-order valence-electron chi connectivity index (χ4n) is 1.78. The van der Waals surface area contributed by atoms with Crippen LogP contribution in [-0.2, 0) is 9.53 Å². The molecule has 0 fully saturated rings. The number of amides is 1. The van der Waals surface area contributed by atoms with Crippen LogP contribution in [0, 0.1) is 11.3 Å². The normalized spacial score (nSPS) is 11.7. The summed E-state index contributed by atoms with van der Waals surface area (Å²) >= 11 is 0. The number of carbonyl (C=O) groups is 1. The monoisotopic (exact) mass is 275 g/mol. The van der Waals surface area contributed by atoms with Gasteiger partial charge in [-0.2, -0.15) is 5.26 Å². The molecule has 0 saturated carbocycles. The van der Waals surface area contributed by atoms with Crippen LogP contribution in [0.25, 0.3) is 0 Å². The van der Waals surface area contributed by atoms with E-state index in [4.69, 9.17) is 10.00 Å². The lowest BCUT2D eigenvalue weighted by atomic mass is 10.1. The molecule has 5 heteroatoms. The minimum absolute atomic E-state index is 0.00697. The van der Waals surface area contributed by atoms with E-state index >= 15 is 0 Å². The lowest BCUT2D eigenvalue weighted by molar-refractivity contribution is -0.121. The molecule has 1 amide bonds. The van der Waals surface area contributed by atoms with Gasteiger partial charge in [-0.25, -0.2) is 0 Å². The Balaban J connectivity index is 2.31. The molecule has 5 nitrogen and oxygen atoms in total. The number of hydrogen-bond donors (Lipinski definition) is 2. The highest BCUT2D eigenvalue weighted by Gasteiger charge is 2.06. The molecule has 1 unspecified atom stereocenters. The first kappa shape index (κ1) is 16.2. The Bertz CT molecular complexity index is 468. The Labute approximate surface area is 119 Å².